The van der Waals surface area contributed by atoms with E-state index in [1.165, 1.54) is 16.8 Å². The van der Waals surface area contributed by atoms with E-state index < -0.39 is 22.1 Å². The molecular weight excluding hydrogens is 309 g/mol. The second kappa shape index (κ2) is 5.62. The van der Waals surface area contributed by atoms with Crippen molar-refractivity contribution in [3.8, 4) is 0 Å². The number of hydrogen-bond acceptors (Lipinski definition) is 3. The van der Waals surface area contributed by atoms with Crippen LogP contribution in [0.1, 0.15) is 18.5 Å². The number of aliphatic hydroxyl groups excluding tert-OH is 1. The number of halogens is 3. The van der Waals surface area contributed by atoms with Crippen LogP contribution in [0.15, 0.2) is 17.2 Å². The fourth-order valence-electron chi connectivity index (χ4n) is 2.45. The van der Waals surface area contributed by atoms with Crippen LogP contribution in [0.25, 0.3) is 0 Å². The van der Waals surface area contributed by atoms with Gasteiger partial charge in [0, 0.05) is 32.0 Å². The molecule has 0 atom stereocenters. The van der Waals surface area contributed by atoms with E-state index in [4.69, 9.17) is 5.11 Å². The van der Waals surface area contributed by atoms with E-state index in [1.807, 2.05) is 0 Å². The van der Waals surface area contributed by atoms with Crippen LogP contribution in [-0.2, 0) is 23.7 Å². The molecule has 5 nitrogen and oxygen atoms in total. The van der Waals surface area contributed by atoms with Gasteiger partial charge in [0.05, 0.1) is 12.5 Å². The predicted molar refractivity (Wildman–Crippen MR) is 68.9 cm³/mol. The molecule has 0 amide bonds. The van der Waals surface area contributed by atoms with Gasteiger partial charge in [0.1, 0.15) is 4.90 Å². The largest absolute Gasteiger partial charge is 0.391 e. The van der Waals surface area contributed by atoms with Gasteiger partial charge in [0.25, 0.3) is 0 Å². The molecule has 0 aromatic carbocycles. The summed E-state index contributed by atoms with van der Waals surface area (Å²) in [5, 5.41) is 9.08. The molecule has 9 heteroatoms. The molecule has 0 aliphatic carbocycles. The summed E-state index contributed by atoms with van der Waals surface area (Å²) in [7, 11) is -2.21. The summed E-state index contributed by atoms with van der Waals surface area (Å²) in [5.74, 6) is -1.44. The molecule has 1 N–H and O–H groups in total. The zero-order valence-electron chi connectivity index (χ0n) is 11.5. The third-order valence-corrected chi connectivity index (χ3v) is 5.66. The highest BCUT2D eigenvalue weighted by atomic mass is 32.2. The summed E-state index contributed by atoms with van der Waals surface area (Å²) in [4.78, 5) is -0.000455. The highest BCUT2D eigenvalue weighted by Crippen LogP contribution is 2.35. The van der Waals surface area contributed by atoms with Crippen molar-refractivity contribution >= 4 is 10.0 Å². The molecule has 120 valence electrons. The molecule has 0 radical (unpaired) electrons. The summed E-state index contributed by atoms with van der Waals surface area (Å²) < 4.78 is 65.1. The van der Waals surface area contributed by atoms with Crippen LogP contribution < -0.4 is 0 Å². The molecule has 1 saturated heterocycles. The maximum atomic E-state index is 12.6. The Hall–Kier alpha value is -1.06. The van der Waals surface area contributed by atoms with Crippen LogP contribution in [0.5, 0.6) is 0 Å². The molecule has 1 fully saturated rings. The number of aromatic nitrogens is 1. The first-order valence-corrected chi connectivity index (χ1v) is 7.93. The Labute approximate surface area is 121 Å². The maximum absolute atomic E-state index is 12.6. The minimum atomic E-state index is -4.27. The lowest BCUT2D eigenvalue weighted by Crippen LogP contribution is -2.41. The predicted octanol–water partition coefficient (Wildman–Crippen LogP) is 1.48. The molecule has 1 aliphatic rings. The van der Waals surface area contributed by atoms with E-state index in [0.717, 1.165) is 4.31 Å². The van der Waals surface area contributed by atoms with E-state index in [9.17, 15) is 21.6 Å². The van der Waals surface area contributed by atoms with Crippen molar-refractivity contribution in [2.24, 2.45) is 13.0 Å². The molecule has 0 bridgehead atoms. The smallest absolute Gasteiger partial charge is 0.390 e. The topological polar surface area (TPSA) is 62.5 Å². The minimum absolute atomic E-state index is 0.000455. The van der Waals surface area contributed by atoms with Gasteiger partial charge in [-0.05, 0) is 18.9 Å². The van der Waals surface area contributed by atoms with Gasteiger partial charge in [-0.1, -0.05) is 0 Å². The van der Waals surface area contributed by atoms with Crippen LogP contribution in [0.2, 0.25) is 0 Å². The van der Waals surface area contributed by atoms with Gasteiger partial charge < -0.3 is 9.67 Å². The van der Waals surface area contributed by atoms with E-state index in [2.05, 4.69) is 0 Å². The average Bonchev–Trinajstić information content (AvgIpc) is 2.80. The molecular formula is C12H17F3N2O3S. The zero-order chi connectivity index (χ0) is 15.8. The van der Waals surface area contributed by atoms with Crippen LogP contribution in [0.3, 0.4) is 0 Å². The summed E-state index contributed by atoms with van der Waals surface area (Å²) in [6.45, 7) is -0.589. The van der Waals surface area contributed by atoms with E-state index >= 15 is 0 Å². The summed E-state index contributed by atoms with van der Waals surface area (Å²) >= 11 is 0. The summed E-state index contributed by atoms with van der Waals surface area (Å²) in [5.41, 5.74) is 0.429. The Balaban J connectivity index is 2.15. The first kappa shape index (κ1) is 16.3. The fourth-order valence-corrected chi connectivity index (χ4v) is 4.01. The quantitative estimate of drug-likeness (QED) is 0.915. The summed E-state index contributed by atoms with van der Waals surface area (Å²) in [6.07, 6.45) is -3.35. The Morgan fingerprint density at radius 1 is 1.33 bits per heavy atom. The Morgan fingerprint density at radius 2 is 1.90 bits per heavy atom. The van der Waals surface area contributed by atoms with Crippen molar-refractivity contribution < 1.29 is 26.7 Å². The maximum Gasteiger partial charge on any atom is 0.391 e. The van der Waals surface area contributed by atoms with Crippen LogP contribution >= 0.6 is 0 Å². The minimum Gasteiger partial charge on any atom is -0.390 e. The molecule has 1 aliphatic heterocycles. The molecule has 1 aromatic rings. The van der Waals surface area contributed by atoms with Gasteiger partial charge in [-0.2, -0.15) is 17.5 Å². The van der Waals surface area contributed by atoms with Gasteiger partial charge >= 0.3 is 6.18 Å². The Kier molecular flexibility index (Phi) is 4.36. The number of rotatable bonds is 3. The molecule has 0 saturated carbocycles. The van der Waals surface area contributed by atoms with Crippen molar-refractivity contribution in [1.29, 1.82) is 0 Å². The molecule has 21 heavy (non-hydrogen) atoms. The molecule has 1 aromatic heterocycles. The number of alkyl halides is 3. The van der Waals surface area contributed by atoms with Crippen molar-refractivity contribution in [2.45, 2.75) is 30.5 Å². The van der Waals surface area contributed by atoms with Gasteiger partial charge in [-0.15, -0.1) is 0 Å². The number of hydrogen-bond donors (Lipinski definition) is 1. The van der Waals surface area contributed by atoms with Crippen LogP contribution in [-0.4, -0.2) is 41.7 Å². The zero-order valence-corrected chi connectivity index (χ0v) is 12.3. The second-order valence-electron chi connectivity index (χ2n) is 5.16. The van der Waals surface area contributed by atoms with Crippen molar-refractivity contribution in [1.82, 2.24) is 8.87 Å². The number of aliphatic hydroxyl groups is 1. The van der Waals surface area contributed by atoms with Gasteiger partial charge in [-0.3, -0.25) is 0 Å². The Morgan fingerprint density at radius 3 is 2.33 bits per heavy atom. The third-order valence-electron chi connectivity index (χ3n) is 3.80. The number of nitrogens with zero attached hydrogens (tertiary/aromatic N) is 2. The monoisotopic (exact) mass is 326 g/mol. The summed E-state index contributed by atoms with van der Waals surface area (Å²) in [6, 6.07) is 1.34. The van der Waals surface area contributed by atoms with Crippen LogP contribution in [0, 0.1) is 5.92 Å². The highest BCUT2D eigenvalue weighted by Gasteiger charge is 2.43. The lowest BCUT2D eigenvalue weighted by atomic mass is 9.98. The van der Waals surface area contributed by atoms with Gasteiger partial charge in [0.15, 0.2) is 0 Å². The van der Waals surface area contributed by atoms with Crippen molar-refractivity contribution in [3.05, 3.63) is 18.0 Å². The second-order valence-corrected chi connectivity index (χ2v) is 7.09. The number of aryl methyl sites for hydroxylation is 1. The van der Waals surface area contributed by atoms with Crippen molar-refractivity contribution in [2.75, 3.05) is 13.1 Å². The number of sulfonamides is 1. The van der Waals surface area contributed by atoms with E-state index in [0.29, 0.717) is 5.69 Å². The molecule has 2 rings (SSSR count). The fraction of sp³-hybridized carbons (Fsp3) is 0.667. The lowest BCUT2D eigenvalue weighted by Gasteiger charge is -2.31. The highest BCUT2D eigenvalue weighted by molar-refractivity contribution is 7.89. The average molecular weight is 326 g/mol. The molecule has 2 heterocycles. The van der Waals surface area contributed by atoms with Crippen LogP contribution in [0.4, 0.5) is 13.2 Å². The van der Waals surface area contributed by atoms with Crippen molar-refractivity contribution in [3.63, 3.8) is 0 Å². The SMILES string of the molecule is Cn1cc(S(=O)(=O)N2CCC(C(F)(F)F)CC2)cc1CO. The Bertz CT molecular complexity index is 602. The van der Waals surface area contributed by atoms with Gasteiger partial charge in [0.2, 0.25) is 10.0 Å². The standard InChI is InChI=1S/C12H17F3N2O3S/c1-16-7-11(6-10(16)8-18)21(19,20)17-4-2-9(3-5-17)12(13,14)15/h6-7,9,18H,2-5,8H2,1H3. The number of piperidine rings is 1. The van der Waals surface area contributed by atoms with E-state index in [1.54, 1.807) is 7.05 Å². The normalized spacial score (nSPS) is 19.1. The lowest BCUT2D eigenvalue weighted by molar-refractivity contribution is -0.182. The van der Waals surface area contributed by atoms with Gasteiger partial charge in [-0.25, -0.2) is 8.42 Å². The molecule has 0 unspecified atom stereocenters. The van der Waals surface area contributed by atoms with E-state index in [-0.39, 0.29) is 37.4 Å². The molecule has 0 spiro atoms. The first-order chi connectivity index (χ1) is 9.66. The first-order valence-electron chi connectivity index (χ1n) is 6.49. The third kappa shape index (κ3) is 3.24.